The number of H-pyrrole nitrogens is 1. The van der Waals surface area contributed by atoms with Crippen molar-refractivity contribution < 1.29 is 5.21 Å². The molecule has 0 amide bonds. The molecule has 58 valence electrons. The lowest BCUT2D eigenvalue weighted by Gasteiger charge is -1.87. The zero-order valence-electron chi connectivity index (χ0n) is 5.94. The maximum atomic E-state index is 8.24. The van der Waals surface area contributed by atoms with Gasteiger partial charge in [-0.15, -0.1) is 5.16 Å². The molecule has 0 saturated heterocycles. The number of nitrogens with zero attached hydrogens (tertiary/aromatic N) is 2. The van der Waals surface area contributed by atoms with E-state index in [0.717, 1.165) is 12.1 Å². The van der Waals surface area contributed by atoms with E-state index in [4.69, 9.17) is 5.21 Å². The molecule has 1 saturated carbocycles. The Balaban J connectivity index is 2.02. The Morgan fingerprint density at radius 1 is 1.82 bits per heavy atom. The number of hydrogen-bond acceptors (Lipinski definition) is 3. The maximum absolute atomic E-state index is 8.24. The summed E-state index contributed by atoms with van der Waals surface area (Å²) < 4.78 is 0. The van der Waals surface area contributed by atoms with Gasteiger partial charge in [0.05, 0.1) is 6.33 Å². The smallest absolute Gasteiger partial charge is 0.0921 e. The topological polar surface area (TPSA) is 61.3 Å². The number of rotatable bonds is 2. The second kappa shape index (κ2) is 2.38. The SMILES string of the molecule is O/N=C\C1CC1c1cnc[nH]1. The van der Waals surface area contributed by atoms with Crippen LogP contribution < -0.4 is 0 Å². The van der Waals surface area contributed by atoms with Crippen molar-refractivity contribution in [1.82, 2.24) is 9.97 Å². The summed E-state index contributed by atoms with van der Waals surface area (Å²) in [5.41, 5.74) is 1.13. The molecule has 2 atom stereocenters. The van der Waals surface area contributed by atoms with Gasteiger partial charge < -0.3 is 10.2 Å². The molecule has 4 heteroatoms. The molecule has 0 bridgehead atoms. The van der Waals surface area contributed by atoms with Gasteiger partial charge in [-0.2, -0.15) is 0 Å². The van der Waals surface area contributed by atoms with Crippen molar-refractivity contribution in [3.8, 4) is 0 Å². The van der Waals surface area contributed by atoms with Gasteiger partial charge in [0.2, 0.25) is 0 Å². The Bertz CT molecular complexity index is 255. The third-order valence-corrected chi connectivity index (χ3v) is 2.02. The summed E-state index contributed by atoms with van der Waals surface area (Å²) in [6.07, 6.45) is 6.12. The molecule has 1 aliphatic rings. The molecule has 2 N–H and O–H groups in total. The van der Waals surface area contributed by atoms with Gasteiger partial charge in [0.15, 0.2) is 0 Å². The Hall–Kier alpha value is -1.32. The van der Waals surface area contributed by atoms with Gasteiger partial charge in [-0.3, -0.25) is 0 Å². The average Bonchev–Trinajstić information content (AvgIpc) is 2.61. The summed E-state index contributed by atoms with van der Waals surface area (Å²) in [4.78, 5) is 6.95. The third kappa shape index (κ3) is 1.11. The zero-order chi connectivity index (χ0) is 7.68. The van der Waals surface area contributed by atoms with Crippen molar-refractivity contribution in [1.29, 1.82) is 0 Å². The Morgan fingerprint density at radius 3 is 3.36 bits per heavy atom. The van der Waals surface area contributed by atoms with Crippen LogP contribution in [0, 0.1) is 5.92 Å². The largest absolute Gasteiger partial charge is 0.411 e. The van der Waals surface area contributed by atoms with Gasteiger partial charge in [-0.1, -0.05) is 0 Å². The molecule has 1 fully saturated rings. The van der Waals surface area contributed by atoms with Crippen LogP contribution in [-0.4, -0.2) is 21.4 Å². The Kier molecular flexibility index (Phi) is 1.38. The monoisotopic (exact) mass is 151 g/mol. The van der Waals surface area contributed by atoms with Crippen molar-refractivity contribution in [2.24, 2.45) is 11.1 Å². The van der Waals surface area contributed by atoms with Crippen molar-refractivity contribution in [3.05, 3.63) is 18.2 Å². The van der Waals surface area contributed by atoms with Gasteiger partial charge in [0, 0.05) is 29.9 Å². The lowest BCUT2D eigenvalue weighted by atomic mass is 10.3. The van der Waals surface area contributed by atoms with Crippen LogP contribution in [0.25, 0.3) is 0 Å². The second-order valence-corrected chi connectivity index (χ2v) is 2.78. The van der Waals surface area contributed by atoms with E-state index in [1.807, 2.05) is 6.20 Å². The van der Waals surface area contributed by atoms with Crippen LogP contribution in [0.5, 0.6) is 0 Å². The van der Waals surface area contributed by atoms with Crippen LogP contribution in [-0.2, 0) is 0 Å². The minimum atomic E-state index is 0.403. The van der Waals surface area contributed by atoms with E-state index in [1.54, 1.807) is 12.5 Å². The zero-order valence-corrected chi connectivity index (χ0v) is 5.94. The van der Waals surface area contributed by atoms with E-state index in [1.165, 1.54) is 0 Å². The standard InChI is InChI=1S/C7H9N3O/c11-10-2-5-1-6(5)7-3-8-4-9-7/h2-6,11H,1H2,(H,8,9)/b10-2-. The first-order valence-corrected chi connectivity index (χ1v) is 3.57. The average molecular weight is 151 g/mol. The highest BCUT2D eigenvalue weighted by Crippen LogP contribution is 2.44. The molecule has 1 aromatic heterocycles. The molecule has 1 aromatic rings. The minimum Gasteiger partial charge on any atom is -0.411 e. The molecule has 2 rings (SSSR count). The lowest BCUT2D eigenvalue weighted by molar-refractivity contribution is 0.320. The van der Waals surface area contributed by atoms with E-state index in [-0.39, 0.29) is 0 Å². The molecule has 2 unspecified atom stereocenters. The summed E-state index contributed by atoms with van der Waals surface area (Å²) in [5.74, 6) is 0.897. The fourth-order valence-electron chi connectivity index (χ4n) is 1.29. The number of nitrogens with one attached hydrogen (secondary N) is 1. The van der Waals surface area contributed by atoms with Crippen molar-refractivity contribution in [2.75, 3.05) is 0 Å². The first-order valence-electron chi connectivity index (χ1n) is 3.57. The number of oxime groups is 1. The summed E-state index contributed by atoms with van der Waals surface area (Å²) >= 11 is 0. The molecule has 0 aliphatic heterocycles. The van der Waals surface area contributed by atoms with Crippen LogP contribution in [0.4, 0.5) is 0 Å². The molecule has 1 heterocycles. The molecular formula is C7H9N3O. The van der Waals surface area contributed by atoms with Crippen LogP contribution in [0.1, 0.15) is 18.0 Å². The van der Waals surface area contributed by atoms with Gasteiger partial charge >= 0.3 is 0 Å². The summed E-state index contributed by atoms with van der Waals surface area (Å²) in [6, 6.07) is 0. The van der Waals surface area contributed by atoms with Crippen molar-refractivity contribution in [2.45, 2.75) is 12.3 Å². The Morgan fingerprint density at radius 2 is 2.73 bits per heavy atom. The lowest BCUT2D eigenvalue weighted by Crippen LogP contribution is -1.83. The molecule has 0 radical (unpaired) electrons. The summed E-state index contributed by atoms with van der Waals surface area (Å²) in [5, 5.41) is 11.2. The van der Waals surface area contributed by atoms with Gasteiger partial charge in [0.1, 0.15) is 0 Å². The molecule has 0 aromatic carbocycles. The molecule has 4 nitrogen and oxygen atoms in total. The number of aromatic nitrogens is 2. The van der Waals surface area contributed by atoms with Crippen LogP contribution in [0.2, 0.25) is 0 Å². The quantitative estimate of drug-likeness (QED) is 0.376. The van der Waals surface area contributed by atoms with E-state index in [9.17, 15) is 0 Å². The number of hydrogen-bond donors (Lipinski definition) is 2. The molecule has 1 aliphatic carbocycles. The summed E-state index contributed by atoms with van der Waals surface area (Å²) in [6.45, 7) is 0. The molecule has 0 spiro atoms. The van der Waals surface area contributed by atoms with E-state index < -0.39 is 0 Å². The minimum absolute atomic E-state index is 0.403. The highest BCUT2D eigenvalue weighted by molar-refractivity contribution is 5.65. The van der Waals surface area contributed by atoms with Gasteiger partial charge in [0.25, 0.3) is 0 Å². The molecular weight excluding hydrogens is 142 g/mol. The molecule has 11 heavy (non-hydrogen) atoms. The summed E-state index contributed by atoms with van der Waals surface area (Å²) in [7, 11) is 0. The third-order valence-electron chi connectivity index (χ3n) is 2.02. The highest BCUT2D eigenvalue weighted by atomic mass is 16.4. The van der Waals surface area contributed by atoms with Crippen molar-refractivity contribution >= 4 is 6.21 Å². The Labute approximate surface area is 64.0 Å². The number of aromatic amines is 1. The fourth-order valence-corrected chi connectivity index (χ4v) is 1.29. The highest BCUT2D eigenvalue weighted by Gasteiger charge is 2.38. The van der Waals surface area contributed by atoms with Gasteiger partial charge in [-0.05, 0) is 6.42 Å². The fraction of sp³-hybridized carbons (Fsp3) is 0.429. The van der Waals surface area contributed by atoms with Crippen molar-refractivity contribution in [3.63, 3.8) is 0 Å². The van der Waals surface area contributed by atoms with E-state index in [0.29, 0.717) is 11.8 Å². The van der Waals surface area contributed by atoms with Crippen LogP contribution >= 0.6 is 0 Å². The first-order chi connectivity index (χ1) is 5.42. The van der Waals surface area contributed by atoms with Crippen LogP contribution in [0.3, 0.4) is 0 Å². The number of imidazole rings is 1. The van der Waals surface area contributed by atoms with E-state index >= 15 is 0 Å². The van der Waals surface area contributed by atoms with Crippen LogP contribution in [0.15, 0.2) is 17.7 Å². The normalized spacial score (nSPS) is 29.5. The van der Waals surface area contributed by atoms with E-state index in [2.05, 4.69) is 15.1 Å². The van der Waals surface area contributed by atoms with Gasteiger partial charge in [-0.25, -0.2) is 4.98 Å². The first kappa shape index (κ1) is 6.39. The second-order valence-electron chi connectivity index (χ2n) is 2.78. The predicted molar refractivity (Wildman–Crippen MR) is 39.7 cm³/mol. The maximum Gasteiger partial charge on any atom is 0.0921 e. The predicted octanol–water partition coefficient (Wildman–Crippen LogP) is 0.973.